The fourth-order valence-corrected chi connectivity index (χ4v) is 8.51. The first-order valence-corrected chi connectivity index (χ1v) is 16.8. The maximum absolute atomic E-state index is 13.9. The molecule has 4 aromatic carbocycles. The van der Waals surface area contributed by atoms with Crippen molar-refractivity contribution in [1.82, 2.24) is 20.1 Å². The van der Waals surface area contributed by atoms with E-state index in [4.69, 9.17) is 0 Å². The van der Waals surface area contributed by atoms with Crippen molar-refractivity contribution in [2.45, 2.75) is 47.6 Å². The highest BCUT2D eigenvalue weighted by Crippen LogP contribution is 2.42. The van der Waals surface area contributed by atoms with Crippen LogP contribution in [0.1, 0.15) is 25.7 Å². The summed E-state index contributed by atoms with van der Waals surface area (Å²) < 4.78 is 61.2. The number of benzene rings is 4. The summed E-state index contributed by atoms with van der Waals surface area (Å²) >= 11 is 0. The molecule has 6 rings (SSSR count). The number of hydrogen-bond acceptors (Lipinski definition) is 6. The van der Waals surface area contributed by atoms with Crippen molar-refractivity contribution in [2.75, 3.05) is 26.2 Å². The van der Waals surface area contributed by atoms with E-state index in [1.807, 2.05) is 48.5 Å². The predicted octanol–water partition coefficient (Wildman–Crippen LogP) is 3.72. The zero-order valence-corrected chi connectivity index (χ0v) is 23.8. The Morgan fingerprint density at radius 3 is 1.43 bits per heavy atom. The Bertz CT molecular complexity index is 1630. The Labute approximate surface area is 235 Å². The summed E-state index contributed by atoms with van der Waals surface area (Å²) in [4.78, 5) is 0.129. The smallest absolute Gasteiger partial charge is 0.241 e. The zero-order chi connectivity index (χ0) is 27.7. The minimum absolute atomic E-state index is 0.0643. The van der Waals surface area contributed by atoms with E-state index in [0.29, 0.717) is 21.9 Å². The van der Waals surface area contributed by atoms with Crippen LogP contribution in [0.4, 0.5) is 0 Å². The number of fused-ring (bicyclic) bond motifs is 2. The van der Waals surface area contributed by atoms with Gasteiger partial charge in [-0.15, -0.1) is 0 Å². The predicted molar refractivity (Wildman–Crippen MR) is 159 cm³/mol. The fourth-order valence-electron chi connectivity index (χ4n) is 5.90. The van der Waals surface area contributed by atoms with Crippen LogP contribution in [0.25, 0.3) is 32.7 Å². The Morgan fingerprint density at radius 1 is 0.600 bits per heavy atom. The maximum atomic E-state index is 13.9. The van der Waals surface area contributed by atoms with E-state index in [1.165, 1.54) is 0 Å². The van der Waals surface area contributed by atoms with Gasteiger partial charge in [-0.25, -0.2) is 26.3 Å². The first-order chi connectivity index (χ1) is 19.3. The van der Waals surface area contributed by atoms with Gasteiger partial charge in [0.15, 0.2) is 0 Å². The van der Waals surface area contributed by atoms with Gasteiger partial charge in [0.2, 0.25) is 20.0 Å². The molecule has 8 nitrogen and oxygen atoms in total. The molecule has 2 aliphatic rings. The standard InChI is InChI=1S/C30H34N4O4S2/c35-39(36,33-19-23-9-5-17-31-23)27-15-13-21-7-1-3-11-25(21)29(27)30-26-12-4-2-8-22(26)14-16-28(30)40(37,38)34-20-24-10-6-18-32-24/h1-4,7-8,11-16,23-24,31-34H,5-6,9-10,17-20H2/t23-,24-/m0/s1. The van der Waals surface area contributed by atoms with Gasteiger partial charge in [0.25, 0.3) is 0 Å². The fraction of sp³-hybridized carbons (Fsp3) is 0.333. The molecular weight excluding hydrogens is 544 g/mol. The van der Waals surface area contributed by atoms with Crippen LogP contribution in [0, 0.1) is 0 Å². The van der Waals surface area contributed by atoms with Crippen LogP contribution in [0.15, 0.2) is 82.6 Å². The third-order valence-electron chi connectivity index (χ3n) is 7.97. The molecule has 0 unspecified atom stereocenters. The third-order valence-corrected chi connectivity index (χ3v) is 10.9. The second-order valence-corrected chi connectivity index (χ2v) is 14.1. The van der Waals surface area contributed by atoms with E-state index in [0.717, 1.165) is 49.5 Å². The first kappa shape index (κ1) is 27.3. The van der Waals surface area contributed by atoms with Gasteiger partial charge in [0.05, 0.1) is 9.79 Å². The Balaban J connectivity index is 1.56. The summed E-state index contributed by atoms with van der Waals surface area (Å²) in [5.41, 5.74) is 0.780. The molecule has 4 N–H and O–H groups in total. The summed E-state index contributed by atoms with van der Waals surface area (Å²) in [6, 6.07) is 21.9. The van der Waals surface area contributed by atoms with E-state index < -0.39 is 20.0 Å². The SMILES string of the molecule is O=S(=O)(NC[C@@H]1CCCN1)c1ccc2ccccc2c1-c1c(S(=O)(=O)NC[C@@H]2CCCN2)ccc2ccccc12. The highest BCUT2D eigenvalue weighted by Gasteiger charge is 2.30. The molecule has 2 atom stereocenters. The first-order valence-electron chi connectivity index (χ1n) is 13.8. The van der Waals surface area contributed by atoms with Crippen LogP contribution < -0.4 is 20.1 Å². The number of nitrogens with one attached hydrogen (secondary N) is 4. The molecule has 0 amide bonds. The summed E-state index contributed by atoms with van der Waals surface area (Å²) in [5.74, 6) is 0. The molecule has 2 saturated heterocycles. The van der Waals surface area contributed by atoms with Crippen molar-refractivity contribution < 1.29 is 16.8 Å². The van der Waals surface area contributed by atoms with E-state index in [2.05, 4.69) is 20.1 Å². The molecule has 0 spiro atoms. The molecule has 0 saturated carbocycles. The molecule has 2 aliphatic heterocycles. The summed E-state index contributed by atoms with van der Waals surface area (Å²) in [7, 11) is -7.98. The lowest BCUT2D eigenvalue weighted by Crippen LogP contribution is -2.37. The van der Waals surface area contributed by atoms with Crippen molar-refractivity contribution in [3.05, 3.63) is 72.8 Å². The van der Waals surface area contributed by atoms with Gasteiger partial charge < -0.3 is 10.6 Å². The normalized spacial score (nSPS) is 20.0. The topological polar surface area (TPSA) is 116 Å². The van der Waals surface area contributed by atoms with E-state index >= 15 is 0 Å². The van der Waals surface area contributed by atoms with Crippen LogP contribution >= 0.6 is 0 Å². The molecule has 0 aliphatic carbocycles. The second-order valence-electron chi connectivity index (χ2n) is 10.6. The largest absolute Gasteiger partial charge is 0.313 e. The Kier molecular flexibility index (Phi) is 7.64. The number of hydrogen-bond donors (Lipinski definition) is 4. The number of sulfonamides is 2. The van der Waals surface area contributed by atoms with Crippen LogP contribution in [-0.4, -0.2) is 55.1 Å². The van der Waals surface area contributed by atoms with Crippen molar-refractivity contribution >= 4 is 41.6 Å². The van der Waals surface area contributed by atoms with Gasteiger partial charge in [-0.1, -0.05) is 60.7 Å². The Morgan fingerprint density at radius 2 is 1.02 bits per heavy atom. The second kappa shape index (κ2) is 11.2. The summed E-state index contributed by atoms with van der Waals surface area (Å²) in [6.45, 7) is 2.28. The molecule has 4 aromatic rings. The molecule has 2 heterocycles. The minimum Gasteiger partial charge on any atom is -0.313 e. The highest BCUT2D eigenvalue weighted by molar-refractivity contribution is 7.90. The quantitative estimate of drug-likeness (QED) is 0.241. The van der Waals surface area contributed by atoms with Crippen molar-refractivity contribution in [3.63, 3.8) is 0 Å². The third kappa shape index (κ3) is 5.39. The highest BCUT2D eigenvalue weighted by atomic mass is 32.2. The lowest BCUT2D eigenvalue weighted by molar-refractivity contribution is 0.550. The van der Waals surface area contributed by atoms with Gasteiger partial charge in [-0.3, -0.25) is 0 Å². The molecule has 0 bridgehead atoms. The summed E-state index contributed by atoms with van der Waals surface area (Å²) in [5, 5.41) is 9.66. The lowest BCUT2D eigenvalue weighted by Gasteiger charge is -2.21. The van der Waals surface area contributed by atoms with Crippen LogP contribution in [0.2, 0.25) is 0 Å². The monoisotopic (exact) mass is 578 g/mol. The van der Waals surface area contributed by atoms with Gasteiger partial charge in [0.1, 0.15) is 0 Å². The average Bonchev–Trinajstić information content (AvgIpc) is 3.69. The van der Waals surface area contributed by atoms with Gasteiger partial charge in [-0.05, 0) is 72.5 Å². The molecular formula is C30H34N4O4S2. The molecule has 40 heavy (non-hydrogen) atoms. The molecule has 10 heteroatoms. The average molecular weight is 579 g/mol. The van der Waals surface area contributed by atoms with Crippen LogP contribution in [-0.2, 0) is 20.0 Å². The van der Waals surface area contributed by atoms with Crippen molar-refractivity contribution in [1.29, 1.82) is 0 Å². The van der Waals surface area contributed by atoms with E-state index in [-0.39, 0.29) is 35.0 Å². The lowest BCUT2D eigenvalue weighted by atomic mass is 9.94. The molecule has 0 radical (unpaired) electrons. The van der Waals surface area contributed by atoms with E-state index in [9.17, 15) is 16.8 Å². The number of rotatable bonds is 9. The molecule has 210 valence electrons. The zero-order valence-electron chi connectivity index (χ0n) is 22.2. The minimum atomic E-state index is -3.99. The maximum Gasteiger partial charge on any atom is 0.241 e. The van der Waals surface area contributed by atoms with Crippen molar-refractivity contribution in [2.24, 2.45) is 0 Å². The molecule has 0 aromatic heterocycles. The Hall–Kier alpha value is -2.86. The van der Waals surface area contributed by atoms with Crippen LogP contribution in [0.3, 0.4) is 0 Å². The molecule has 2 fully saturated rings. The van der Waals surface area contributed by atoms with Gasteiger partial charge >= 0.3 is 0 Å². The van der Waals surface area contributed by atoms with Gasteiger partial charge in [-0.2, -0.15) is 0 Å². The van der Waals surface area contributed by atoms with Crippen LogP contribution in [0.5, 0.6) is 0 Å². The van der Waals surface area contributed by atoms with Crippen molar-refractivity contribution in [3.8, 4) is 11.1 Å². The van der Waals surface area contributed by atoms with Gasteiger partial charge in [0, 0.05) is 36.3 Å². The summed E-state index contributed by atoms with van der Waals surface area (Å²) in [6.07, 6.45) is 3.82. The van der Waals surface area contributed by atoms with E-state index in [1.54, 1.807) is 24.3 Å².